The lowest BCUT2D eigenvalue weighted by atomic mass is 10.1. The third-order valence-electron chi connectivity index (χ3n) is 4.53. The second-order valence-corrected chi connectivity index (χ2v) is 7.50. The fraction of sp³-hybridized carbons (Fsp3) is 0.500. The highest BCUT2D eigenvalue weighted by atomic mass is 32.2. The van der Waals surface area contributed by atoms with Crippen molar-refractivity contribution >= 4 is 29.0 Å². The van der Waals surface area contributed by atoms with Crippen LogP contribution in [0.3, 0.4) is 0 Å². The van der Waals surface area contributed by atoms with Gasteiger partial charge in [0.05, 0.1) is 24.8 Å². The molecular formula is C20H26N2O4S. The fourth-order valence-corrected chi connectivity index (χ4v) is 4.06. The van der Waals surface area contributed by atoms with Crippen molar-refractivity contribution in [3.05, 3.63) is 28.7 Å². The molecule has 2 aliphatic rings. The van der Waals surface area contributed by atoms with Gasteiger partial charge in [-0.25, -0.2) is 0 Å². The number of imide groups is 1. The van der Waals surface area contributed by atoms with Gasteiger partial charge in [0, 0.05) is 0 Å². The summed E-state index contributed by atoms with van der Waals surface area (Å²) in [6, 6.07) is 5.54. The molecule has 1 aromatic rings. The van der Waals surface area contributed by atoms with Gasteiger partial charge in [-0.05, 0) is 75.3 Å². The summed E-state index contributed by atoms with van der Waals surface area (Å²) in [4.78, 5) is 29.0. The van der Waals surface area contributed by atoms with Crippen molar-refractivity contribution in [1.82, 2.24) is 9.80 Å². The summed E-state index contributed by atoms with van der Waals surface area (Å²) in [6.45, 7) is 7.17. The summed E-state index contributed by atoms with van der Waals surface area (Å²) in [5, 5.41) is -0.201. The van der Waals surface area contributed by atoms with Crippen molar-refractivity contribution in [1.29, 1.82) is 0 Å². The van der Waals surface area contributed by atoms with Gasteiger partial charge in [-0.1, -0.05) is 12.5 Å². The van der Waals surface area contributed by atoms with Crippen LogP contribution in [0.5, 0.6) is 11.5 Å². The highest BCUT2D eigenvalue weighted by molar-refractivity contribution is 8.18. The Labute approximate surface area is 164 Å². The molecule has 2 amide bonds. The number of thioether (sulfide) groups is 1. The number of hydrogen-bond acceptors (Lipinski definition) is 6. The van der Waals surface area contributed by atoms with Gasteiger partial charge in [-0.15, -0.1) is 0 Å². The molecule has 7 heteroatoms. The summed E-state index contributed by atoms with van der Waals surface area (Å²) < 4.78 is 11.2. The maximum absolute atomic E-state index is 12.7. The monoisotopic (exact) mass is 390 g/mol. The van der Waals surface area contributed by atoms with Crippen LogP contribution in [0.25, 0.3) is 6.08 Å². The minimum atomic E-state index is -0.220. The zero-order valence-corrected chi connectivity index (χ0v) is 16.7. The smallest absolute Gasteiger partial charge is 0.294 e. The first kappa shape index (κ1) is 19.8. The molecule has 0 N–H and O–H groups in total. The van der Waals surface area contributed by atoms with Gasteiger partial charge in [0.1, 0.15) is 0 Å². The number of hydrogen-bond donors (Lipinski definition) is 0. The zero-order chi connectivity index (χ0) is 19.2. The molecular weight excluding hydrogens is 364 g/mol. The lowest BCUT2D eigenvalue weighted by molar-refractivity contribution is -0.124. The number of piperidine rings is 1. The van der Waals surface area contributed by atoms with Crippen LogP contribution in [0, 0.1) is 0 Å². The lowest BCUT2D eigenvalue weighted by Crippen LogP contribution is -2.42. The minimum absolute atomic E-state index is 0.201. The number of carbonyl (C=O) groups excluding carboxylic acids is 2. The summed E-state index contributed by atoms with van der Waals surface area (Å²) in [5.41, 5.74) is 0.811. The van der Waals surface area contributed by atoms with Crippen LogP contribution in [0.2, 0.25) is 0 Å². The summed E-state index contributed by atoms with van der Waals surface area (Å²) in [7, 11) is 0. The number of nitrogens with zero attached hydrogens (tertiary/aromatic N) is 2. The van der Waals surface area contributed by atoms with Crippen LogP contribution < -0.4 is 9.47 Å². The van der Waals surface area contributed by atoms with E-state index in [2.05, 4.69) is 4.90 Å². The molecule has 3 rings (SSSR count). The molecule has 2 fully saturated rings. The van der Waals surface area contributed by atoms with E-state index in [1.807, 2.05) is 32.0 Å². The number of rotatable bonds is 7. The Morgan fingerprint density at radius 2 is 1.74 bits per heavy atom. The molecule has 6 nitrogen and oxygen atoms in total. The molecule has 0 unspecified atom stereocenters. The molecule has 27 heavy (non-hydrogen) atoms. The predicted molar refractivity (Wildman–Crippen MR) is 107 cm³/mol. The molecule has 0 aliphatic carbocycles. The maximum Gasteiger partial charge on any atom is 0.294 e. The SMILES string of the molecule is CCOc1ccc(C=C2SC(=O)N(CN3CCCCC3)C2=O)cc1OCC. The fourth-order valence-electron chi connectivity index (χ4n) is 3.23. The zero-order valence-electron chi connectivity index (χ0n) is 15.9. The number of benzene rings is 1. The number of carbonyl (C=O) groups is 2. The van der Waals surface area contributed by atoms with Gasteiger partial charge >= 0.3 is 0 Å². The molecule has 2 saturated heterocycles. The van der Waals surface area contributed by atoms with Crippen molar-refractivity contribution < 1.29 is 19.1 Å². The molecule has 0 saturated carbocycles. The highest BCUT2D eigenvalue weighted by Crippen LogP contribution is 2.35. The van der Waals surface area contributed by atoms with E-state index in [1.54, 1.807) is 6.08 Å². The van der Waals surface area contributed by atoms with Crippen LogP contribution in [0.4, 0.5) is 4.79 Å². The van der Waals surface area contributed by atoms with E-state index in [1.165, 1.54) is 11.3 Å². The van der Waals surface area contributed by atoms with Gasteiger partial charge in [0.15, 0.2) is 11.5 Å². The highest BCUT2D eigenvalue weighted by Gasteiger charge is 2.36. The van der Waals surface area contributed by atoms with Crippen molar-refractivity contribution in [2.45, 2.75) is 33.1 Å². The van der Waals surface area contributed by atoms with Crippen LogP contribution in [0.15, 0.2) is 23.1 Å². The number of likely N-dealkylation sites (tertiary alicyclic amines) is 1. The Bertz CT molecular complexity index is 729. The van der Waals surface area contributed by atoms with Gasteiger partial charge < -0.3 is 9.47 Å². The van der Waals surface area contributed by atoms with Crippen molar-refractivity contribution in [2.24, 2.45) is 0 Å². The molecule has 2 heterocycles. The average molecular weight is 391 g/mol. The first-order valence-corrected chi connectivity index (χ1v) is 10.3. The lowest BCUT2D eigenvalue weighted by Gasteiger charge is -2.29. The Morgan fingerprint density at radius 3 is 2.44 bits per heavy atom. The second kappa shape index (κ2) is 9.28. The summed E-state index contributed by atoms with van der Waals surface area (Å²) >= 11 is 0.999. The van der Waals surface area contributed by atoms with Crippen LogP contribution >= 0.6 is 11.8 Å². The molecule has 1 aromatic carbocycles. The maximum atomic E-state index is 12.7. The molecule has 0 radical (unpaired) electrons. The molecule has 0 bridgehead atoms. The Morgan fingerprint density at radius 1 is 1.04 bits per heavy atom. The normalized spacial score (nSPS) is 19.8. The van der Waals surface area contributed by atoms with Crippen LogP contribution in [-0.2, 0) is 4.79 Å². The summed E-state index contributed by atoms with van der Waals surface area (Å²) in [5.74, 6) is 1.10. The third-order valence-corrected chi connectivity index (χ3v) is 5.44. The minimum Gasteiger partial charge on any atom is -0.490 e. The van der Waals surface area contributed by atoms with Crippen LogP contribution in [-0.4, -0.2) is 53.9 Å². The van der Waals surface area contributed by atoms with Gasteiger partial charge in [0.2, 0.25) is 0 Å². The van der Waals surface area contributed by atoms with E-state index >= 15 is 0 Å². The summed E-state index contributed by atoms with van der Waals surface area (Å²) in [6.07, 6.45) is 5.22. The largest absolute Gasteiger partial charge is 0.490 e. The Kier molecular flexibility index (Phi) is 6.79. The average Bonchev–Trinajstić information content (AvgIpc) is 2.92. The van der Waals surface area contributed by atoms with Crippen molar-refractivity contribution in [3.8, 4) is 11.5 Å². The topological polar surface area (TPSA) is 59.1 Å². The van der Waals surface area contributed by atoms with E-state index < -0.39 is 0 Å². The third kappa shape index (κ3) is 4.84. The van der Waals surface area contributed by atoms with Gasteiger partial charge in [-0.3, -0.25) is 19.4 Å². The quantitative estimate of drug-likeness (QED) is 0.657. The standard InChI is InChI=1S/C20H26N2O4S/c1-3-25-16-9-8-15(12-17(16)26-4-2)13-18-19(23)22(20(24)27-18)14-21-10-6-5-7-11-21/h8-9,12-13H,3-7,10-11,14H2,1-2H3. The first-order chi connectivity index (χ1) is 13.1. The van der Waals surface area contributed by atoms with E-state index in [4.69, 9.17) is 9.47 Å². The second-order valence-electron chi connectivity index (χ2n) is 6.50. The number of amides is 2. The Hall–Kier alpha value is -1.99. The van der Waals surface area contributed by atoms with E-state index in [0.29, 0.717) is 36.3 Å². The van der Waals surface area contributed by atoms with Gasteiger partial charge in [-0.2, -0.15) is 0 Å². The molecule has 2 aliphatic heterocycles. The molecule has 0 aromatic heterocycles. The molecule has 0 atom stereocenters. The van der Waals surface area contributed by atoms with Crippen molar-refractivity contribution in [2.75, 3.05) is 33.0 Å². The molecule has 0 spiro atoms. The number of ether oxygens (including phenoxy) is 2. The van der Waals surface area contributed by atoms with Gasteiger partial charge in [0.25, 0.3) is 11.1 Å². The van der Waals surface area contributed by atoms with E-state index in [-0.39, 0.29) is 11.1 Å². The molecule has 146 valence electrons. The van der Waals surface area contributed by atoms with Crippen molar-refractivity contribution in [3.63, 3.8) is 0 Å². The van der Waals surface area contributed by atoms with Crippen LogP contribution in [0.1, 0.15) is 38.7 Å². The Balaban J connectivity index is 1.75. The van der Waals surface area contributed by atoms with E-state index in [0.717, 1.165) is 43.3 Å². The first-order valence-electron chi connectivity index (χ1n) is 9.49. The predicted octanol–water partition coefficient (Wildman–Crippen LogP) is 3.96. The van der Waals surface area contributed by atoms with E-state index in [9.17, 15) is 9.59 Å².